The summed E-state index contributed by atoms with van der Waals surface area (Å²) in [6.07, 6.45) is -3.03. The quantitative estimate of drug-likeness (QED) is 0.687. The van der Waals surface area contributed by atoms with Gasteiger partial charge in [-0.25, -0.2) is 13.1 Å². The van der Waals surface area contributed by atoms with Crippen LogP contribution in [0.15, 0.2) is 29.2 Å². The lowest BCUT2D eigenvalue weighted by Gasteiger charge is -2.16. The van der Waals surface area contributed by atoms with Crippen LogP contribution < -0.4 is 9.46 Å². The van der Waals surface area contributed by atoms with Crippen molar-refractivity contribution in [3.8, 4) is 5.75 Å². The Kier molecular flexibility index (Phi) is 7.64. The summed E-state index contributed by atoms with van der Waals surface area (Å²) in [4.78, 5) is 12.7. The number of hydrogen-bond acceptors (Lipinski definition) is 4. The molecule has 0 aliphatic carbocycles. The van der Waals surface area contributed by atoms with Crippen LogP contribution in [0.2, 0.25) is 0 Å². The van der Waals surface area contributed by atoms with Gasteiger partial charge in [-0.05, 0) is 23.8 Å². The number of nitrogens with zero attached hydrogens (tertiary/aromatic N) is 1. The Labute approximate surface area is 150 Å². The molecule has 146 valence electrons. The highest BCUT2D eigenvalue weighted by molar-refractivity contribution is 7.89. The van der Waals surface area contributed by atoms with Gasteiger partial charge in [0.25, 0.3) is 0 Å². The van der Waals surface area contributed by atoms with E-state index in [1.807, 2.05) is 0 Å². The zero-order chi connectivity index (χ0) is 20.0. The zero-order valence-corrected chi connectivity index (χ0v) is 15.4. The molecule has 0 saturated heterocycles. The molecule has 0 radical (unpaired) electrons. The Bertz CT molecular complexity index is 761. The van der Waals surface area contributed by atoms with Crippen molar-refractivity contribution in [1.82, 2.24) is 9.62 Å². The molecule has 1 N–H and O–H groups in total. The van der Waals surface area contributed by atoms with Crippen LogP contribution in [0.1, 0.15) is 18.9 Å². The number of sulfonamides is 1. The number of likely N-dealkylation sites (N-methyl/N-ethyl adjacent to an activating group) is 1. The number of benzene rings is 1. The Morgan fingerprint density at radius 1 is 1.35 bits per heavy atom. The van der Waals surface area contributed by atoms with Gasteiger partial charge in [0, 0.05) is 26.2 Å². The van der Waals surface area contributed by atoms with Crippen molar-refractivity contribution >= 4 is 22.0 Å². The van der Waals surface area contributed by atoms with Crippen molar-refractivity contribution in [3.05, 3.63) is 29.8 Å². The highest BCUT2D eigenvalue weighted by atomic mass is 32.2. The van der Waals surface area contributed by atoms with Gasteiger partial charge in [0.1, 0.15) is 10.6 Å². The van der Waals surface area contributed by atoms with Crippen LogP contribution in [0.4, 0.5) is 13.2 Å². The number of hydrogen-bond donors (Lipinski definition) is 1. The molecule has 0 saturated carbocycles. The summed E-state index contributed by atoms with van der Waals surface area (Å²) in [5.41, 5.74) is 0.389. The first-order valence-corrected chi connectivity index (χ1v) is 9.16. The second kappa shape index (κ2) is 9.04. The molecule has 0 atom stereocenters. The molecule has 0 aliphatic rings. The summed E-state index contributed by atoms with van der Waals surface area (Å²) in [5, 5.41) is 0. The first kappa shape index (κ1) is 22.0. The molecule has 26 heavy (non-hydrogen) atoms. The van der Waals surface area contributed by atoms with Gasteiger partial charge in [-0.15, -0.1) is 0 Å². The van der Waals surface area contributed by atoms with Crippen LogP contribution in [0.3, 0.4) is 0 Å². The van der Waals surface area contributed by atoms with Crippen molar-refractivity contribution < 1.29 is 31.1 Å². The number of nitrogens with one attached hydrogen (secondary N) is 1. The maximum Gasteiger partial charge on any atom is 0.390 e. The van der Waals surface area contributed by atoms with Crippen molar-refractivity contribution in [1.29, 1.82) is 0 Å². The summed E-state index contributed by atoms with van der Waals surface area (Å²) in [7, 11) is -1.20. The summed E-state index contributed by atoms with van der Waals surface area (Å²) in [6.45, 7) is 1.35. The number of ether oxygens (including phenoxy) is 1. The van der Waals surface area contributed by atoms with E-state index in [1.54, 1.807) is 6.92 Å². The Hall–Kier alpha value is -2.07. The molecule has 0 fully saturated rings. The Morgan fingerprint density at radius 2 is 2.00 bits per heavy atom. The molecule has 0 spiro atoms. The monoisotopic (exact) mass is 394 g/mol. The van der Waals surface area contributed by atoms with Crippen molar-refractivity contribution in [2.75, 3.05) is 27.2 Å². The third-order valence-corrected chi connectivity index (χ3v) is 4.90. The number of alkyl halides is 3. The molecule has 1 rings (SSSR count). The van der Waals surface area contributed by atoms with E-state index in [1.165, 1.54) is 38.4 Å². The third kappa shape index (κ3) is 6.68. The second-order valence-corrected chi connectivity index (χ2v) is 7.11. The SMILES string of the molecule is CCNS(=O)(=O)c1cc(C=CC(=O)N(C)CCC(F)(F)F)ccc1OC. The molecule has 1 aromatic carbocycles. The fraction of sp³-hybridized carbons (Fsp3) is 0.438. The number of methoxy groups -OCH3 is 1. The molecule has 0 heterocycles. The van der Waals surface area contributed by atoms with E-state index in [-0.39, 0.29) is 17.2 Å². The predicted octanol–water partition coefficient (Wildman–Crippen LogP) is 2.42. The van der Waals surface area contributed by atoms with E-state index >= 15 is 0 Å². The standard InChI is InChI=1S/C16H21F3N2O4S/c1-4-20-26(23,24)14-11-12(5-7-13(14)25-3)6-8-15(22)21(2)10-9-16(17,18)19/h5-8,11,20H,4,9-10H2,1-3H3. The van der Waals surface area contributed by atoms with E-state index in [0.29, 0.717) is 5.56 Å². The van der Waals surface area contributed by atoms with Gasteiger partial charge < -0.3 is 9.64 Å². The van der Waals surface area contributed by atoms with Gasteiger partial charge in [-0.1, -0.05) is 13.0 Å². The van der Waals surface area contributed by atoms with E-state index in [4.69, 9.17) is 4.74 Å². The lowest BCUT2D eigenvalue weighted by atomic mass is 10.2. The highest BCUT2D eigenvalue weighted by Gasteiger charge is 2.27. The van der Waals surface area contributed by atoms with Crippen molar-refractivity contribution in [2.45, 2.75) is 24.4 Å². The largest absolute Gasteiger partial charge is 0.495 e. The molecule has 0 unspecified atom stereocenters. The summed E-state index contributed by atoms with van der Waals surface area (Å²) < 4.78 is 68.3. The molecule has 6 nitrogen and oxygen atoms in total. The number of carbonyl (C=O) groups is 1. The van der Waals surface area contributed by atoms with Crippen LogP contribution >= 0.6 is 0 Å². The minimum atomic E-state index is -4.34. The van der Waals surface area contributed by atoms with Gasteiger partial charge in [-0.3, -0.25) is 4.79 Å². The Balaban J connectivity index is 2.96. The topological polar surface area (TPSA) is 75.7 Å². The fourth-order valence-corrected chi connectivity index (χ4v) is 3.22. The van der Waals surface area contributed by atoms with Crippen LogP contribution in [-0.4, -0.2) is 52.6 Å². The van der Waals surface area contributed by atoms with E-state index in [0.717, 1.165) is 11.0 Å². The summed E-state index contributed by atoms with van der Waals surface area (Å²) >= 11 is 0. The van der Waals surface area contributed by atoms with E-state index < -0.39 is 35.1 Å². The van der Waals surface area contributed by atoms with E-state index in [9.17, 15) is 26.4 Å². The minimum Gasteiger partial charge on any atom is -0.495 e. The number of amides is 1. The van der Waals surface area contributed by atoms with Crippen molar-refractivity contribution in [3.63, 3.8) is 0 Å². The third-order valence-electron chi connectivity index (χ3n) is 3.34. The molecule has 0 aliphatic heterocycles. The van der Waals surface area contributed by atoms with Crippen LogP contribution in [0.25, 0.3) is 6.08 Å². The van der Waals surface area contributed by atoms with Gasteiger partial charge >= 0.3 is 6.18 Å². The molecule has 1 aromatic rings. The second-order valence-electron chi connectivity index (χ2n) is 5.37. The average Bonchev–Trinajstić information content (AvgIpc) is 2.56. The Morgan fingerprint density at radius 3 is 2.54 bits per heavy atom. The summed E-state index contributed by atoms with van der Waals surface area (Å²) in [5.74, 6) is -0.488. The number of rotatable bonds is 8. The van der Waals surface area contributed by atoms with Gasteiger partial charge in [0.05, 0.1) is 13.5 Å². The lowest BCUT2D eigenvalue weighted by molar-refractivity contribution is -0.142. The number of halogens is 3. The van der Waals surface area contributed by atoms with Gasteiger partial charge in [0.2, 0.25) is 15.9 Å². The zero-order valence-electron chi connectivity index (χ0n) is 14.6. The average molecular weight is 394 g/mol. The number of carbonyl (C=O) groups excluding carboxylic acids is 1. The van der Waals surface area contributed by atoms with Gasteiger partial charge in [0.15, 0.2) is 0 Å². The lowest BCUT2D eigenvalue weighted by Crippen LogP contribution is -2.29. The summed E-state index contributed by atoms with van der Waals surface area (Å²) in [6, 6.07) is 4.28. The smallest absolute Gasteiger partial charge is 0.390 e. The molecular formula is C16H21F3N2O4S. The van der Waals surface area contributed by atoms with Crippen LogP contribution in [0, 0.1) is 0 Å². The van der Waals surface area contributed by atoms with Gasteiger partial charge in [-0.2, -0.15) is 13.2 Å². The van der Waals surface area contributed by atoms with E-state index in [2.05, 4.69) is 4.72 Å². The molecular weight excluding hydrogens is 373 g/mol. The van der Waals surface area contributed by atoms with Crippen LogP contribution in [0.5, 0.6) is 5.75 Å². The minimum absolute atomic E-state index is 0.0955. The maximum atomic E-state index is 12.2. The first-order chi connectivity index (χ1) is 12.0. The predicted molar refractivity (Wildman–Crippen MR) is 91.2 cm³/mol. The highest BCUT2D eigenvalue weighted by Crippen LogP contribution is 2.25. The molecule has 0 bridgehead atoms. The van der Waals surface area contributed by atoms with Crippen LogP contribution in [-0.2, 0) is 14.8 Å². The maximum absolute atomic E-state index is 12.2. The normalized spacial score (nSPS) is 12.4. The first-order valence-electron chi connectivity index (χ1n) is 7.68. The van der Waals surface area contributed by atoms with Crippen molar-refractivity contribution in [2.24, 2.45) is 0 Å². The fourth-order valence-electron chi connectivity index (χ4n) is 1.97. The molecule has 0 aromatic heterocycles. The molecule has 1 amide bonds. The molecule has 10 heteroatoms.